The lowest BCUT2D eigenvalue weighted by Crippen LogP contribution is -2.36. The molecule has 0 radical (unpaired) electrons. The fourth-order valence-electron chi connectivity index (χ4n) is 3.27. The molecular weight excluding hydrogens is 374 g/mol. The van der Waals surface area contributed by atoms with Gasteiger partial charge in [0.25, 0.3) is 5.91 Å². The summed E-state index contributed by atoms with van der Waals surface area (Å²) in [6, 6.07) is 5.67. The highest BCUT2D eigenvalue weighted by atomic mass is 32.1. The van der Waals surface area contributed by atoms with Crippen molar-refractivity contribution in [1.82, 2.24) is 25.4 Å². The number of nitrogens with zero attached hydrogens (tertiary/aromatic N) is 3. The number of hydrogen-bond acceptors (Lipinski definition) is 5. The number of thiophene rings is 1. The van der Waals surface area contributed by atoms with Crippen LogP contribution in [0.15, 0.2) is 47.6 Å². The van der Waals surface area contributed by atoms with Crippen molar-refractivity contribution >= 4 is 33.4 Å². The SMILES string of the molecule is O=C(Cc1ccn[nH]1)NCC=C1CCN(C(=O)c2cnc3ccsc3c2)CC1. The van der Waals surface area contributed by atoms with Crippen LogP contribution in [0, 0.1) is 0 Å². The van der Waals surface area contributed by atoms with E-state index in [2.05, 4.69) is 26.6 Å². The van der Waals surface area contributed by atoms with Crippen molar-refractivity contribution < 1.29 is 9.59 Å². The molecule has 1 aliphatic rings. The number of fused-ring (bicyclic) bond motifs is 1. The first-order valence-electron chi connectivity index (χ1n) is 9.24. The van der Waals surface area contributed by atoms with Gasteiger partial charge in [-0.25, -0.2) is 0 Å². The number of carbonyl (C=O) groups is 2. The summed E-state index contributed by atoms with van der Waals surface area (Å²) in [6.07, 6.45) is 7.32. The summed E-state index contributed by atoms with van der Waals surface area (Å²) in [5, 5.41) is 11.5. The summed E-state index contributed by atoms with van der Waals surface area (Å²) in [5.74, 6) is -0.0000990. The molecular formula is C20H21N5O2S. The number of pyridine rings is 1. The molecule has 0 spiro atoms. The topological polar surface area (TPSA) is 91.0 Å². The van der Waals surface area contributed by atoms with E-state index in [0.717, 1.165) is 28.8 Å². The number of hydrogen-bond donors (Lipinski definition) is 2. The molecule has 28 heavy (non-hydrogen) atoms. The summed E-state index contributed by atoms with van der Waals surface area (Å²) >= 11 is 1.60. The van der Waals surface area contributed by atoms with Gasteiger partial charge in [0.15, 0.2) is 0 Å². The van der Waals surface area contributed by atoms with E-state index >= 15 is 0 Å². The van der Waals surface area contributed by atoms with Crippen LogP contribution in [0.2, 0.25) is 0 Å². The molecule has 0 atom stereocenters. The van der Waals surface area contributed by atoms with Crippen LogP contribution in [0.4, 0.5) is 0 Å². The van der Waals surface area contributed by atoms with Crippen LogP contribution in [0.3, 0.4) is 0 Å². The third kappa shape index (κ3) is 4.28. The Morgan fingerprint density at radius 2 is 2.14 bits per heavy atom. The molecule has 1 saturated heterocycles. The Hall–Kier alpha value is -3.00. The molecule has 1 aliphatic heterocycles. The highest BCUT2D eigenvalue weighted by Gasteiger charge is 2.21. The second kappa shape index (κ2) is 8.35. The van der Waals surface area contributed by atoms with Crippen LogP contribution in [0.1, 0.15) is 28.9 Å². The lowest BCUT2D eigenvalue weighted by atomic mass is 10.0. The first kappa shape index (κ1) is 18.4. The molecule has 3 aromatic heterocycles. The van der Waals surface area contributed by atoms with Crippen LogP contribution < -0.4 is 5.32 Å². The Labute approximate surface area is 166 Å². The third-order valence-corrected chi connectivity index (χ3v) is 5.69. The quantitative estimate of drug-likeness (QED) is 0.650. The number of amides is 2. The van der Waals surface area contributed by atoms with Gasteiger partial charge in [-0.1, -0.05) is 11.6 Å². The van der Waals surface area contributed by atoms with Gasteiger partial charge >= 0.3 is 0 Å². The molecule has 4 rings (SSSR count). The Morgan fingerprint density at radius 1 is 1.29 bits per heavy atom. The summed E-state index contributed by atoms with van der Waals surface area (Å²) in [6.45, 7) is 1.89. The monoisotopic (exact) mass is 395 g/mol. The average Bonchev–Trinajstić information content (AvgIpc) is 3.39. The third-order valence-electron chi connectivity index (χ3n) is 4.84. The van der Waals surface area contributed by atoms with Gasteiger partial charge < -0.3 is 10.2 Å². The number of rotatable bonds is 5. The Bertz CT molecular complexity index is 999. The van der Waals surface area contributed by atoms with Gasteiger partial charge in [-0.15, -0.1) is 11.3 Å². The fourth-order valence-corrected chi connectivity index (χ4v) is 4.06. The van der Waals surface area contributed by atoms with Crippen molar-refractivity contribution in [3.05, 3.63) is 58.9 Å². The number of aromatic nitrogens is 3. The molecule has 2 amide bonds. The zero-order chi connectivity index (χ0) is 19.3. The Balaban J connectivity index is 1.26. The Morgan fingerprint density at radius 3 is 2.93 bits per heavy atom. The van der Waals surface area contributed by atoms with Crippen molar-refractivity contribution in [3.8, 4) is 0 Å². The second-order valence-electron chi connectivity index (χ2n) is 6.75. The molecule has 4 heterocycles. The highest BCUT2D eigenvalue weighted by molar-refractivity contribution is 7.17. The lowest BCUT2D eigenvalue weighted by Gasteiger charge is -2.28. The van der Waals surface area contributed by atoms with Crippen LogP contribution in [-0.4, -0.2) is 51.5 Å². The molecule has 0 aliphatic carbocycles. The van der Waals surface area contributed by atoms with Gasteiger partial charge in [-0.05, 0) is 36.4 Å². The molecule has 144 valence electrons. The van der Waals surface area contributed by atoms with Crippen molar-refractivity contribution in [1.29, 1.82) is 0 Å². The molecule has 0 saturated carbocycles. The van der Waals surface area contributed by atoms with Crippen molar-refractivity contribution in [2.45, 2.75) is 19.3 Å². The number of carbonyl (C=O) groups excluding carboxylic acids is 2. The summed E-state index contributed by atoms with van der Waals surface area (Å²) < 4.78 is 1.04. The molecule has 8 heteroatoms. The van der Waals surface area contributed by atoms with E-state index in [-0.39, 0.29) is 11.8 Å². The first-order chi connectivity index (χ1) is 13.7. The van der Waals surface area contributed by atoms with E-state index in [1.807, 2.05) is 22.4 Å². The molecule has 0 aromatic carbocycles. The summed E-state index contributed by atoms with van der Waals surface area (Å²) in [5.41, 5.74) is 3.65. The molecule has 0 bridgehead atoms. The first-order valence-corrected chi connectivity index (χ1v) is 10.1. The van der Waals surface area contributed by atoms with E-state index in [4.69, 9.17) is 0 Å². The van der Waals surface area contributed by atoms with Crippen LogP contribution in [-0.2, 0) is 11.2 Å². The van der Waals surface area contributed by atoms with Crippen molar-refractivity contribution in [2.24, 2.45) is 0 Å². The molecule has 3 aromatic rings. The zero-order valence-electron chi connectivity index (χ0n) is 15.4. The minimum Gasteiger partial charge on any atom is -0.352 e. The highest BCUT2D eigenvalue weighted by Crippen LogP contribution is 2.22. The maximum absolute atomic E-state index is 12.7. The predicted octanol–water partition coefficient (Wildman–Crippen LogP) is 2.54. The number of nitrogens with one attached hydrogen (secondary N) is 2. The van der Waals surface area contributed by atoms with Crippen LogP contribution >= 0.6 is 11.3 Å². The van der Waals surface area contributed by atoms with E-state index in [1.54, 1.807) is 29.8 Å². The minimum absolute atomic E-state index is 0.0368. The Kier molecular flexibility index (Phi) is 5.48. The number of piperidine rings is 1. The van der Waals surface area contributed by atoms with Gasteiger partial charge in [0.05, 0.1) is 22.2 Å². The molecule has 7 nitrogen and oxygen atoms in total. The van der Waals surface area contributed by atoms with Crippen LogP contribution in [0.5, 0.6) is 0 Å². The van der Waals surface area contributed by atoms with Crippen molar-refractivity contribution in [2.75, 3.05) is 19.6 Å². The van der Waals surface area contributed by atoms with Crippen LogP contribution in [0.25, 0.3) is 10.2 Å². The van der Waals surface area contributed by atoms with E-state index in [9.17, 15) is 9.59 Å². The normalized spacial score (nSPS) is 14.3. The van der Waals surface area contributed by atoms with E-state index < -0.39 is 0 Å². The van der Waals surface area contributed by atoms with Gasteiger partial charge in [-0.3, -0.25) is 19.7 Å². The smallest absolute Gasteiger partial charge is 0.255 e. The average molecular weight is 395 g/mol. The maximum Gasteiger partial charge on any atom is 0.255 e. The van der Waals surface area contributed by atoms with Gasteiger partial charge in [0, 0.05) is 37.7 Å². The minimum atomic E-state index is -0.0369. The molecule has 1 fully saturated rings. The van der Waals surface area contributed by atoms with Gasteiger partial charge in [0.1, 0.15) is 0 Å². The largest absolute Gasteiger partial charge is 0.352 e. The van der Waals surface area contributed by atoms with E-state index in [0.29, 0.717) is 31.6 Å². The maximum atomic E-state index is 12.7. The van der Waals surface area contributed by atoms with Gasteiger partial charge in [-0.2, -0.15) is 5.10 Å². The number of aromatic amines is 1. The summed E-state index contributed by atoms with van der Waals surface area (Å²) in [7, 11) is 0. The number of likely N-dealkylation sites (tertiary alicyclic amines) is 1. The summed E-state index contributed by atoms with van der Waals surface area (Å²) in [4.78, 5) is 30.9. The number of H-pyrrole nitrogens is 1. The zero-order valence-corrected chi connectivity index (χ0v) is 16.2. The lowest BCUT2D eigenvalue weighted by molar-refractivity contribution is -0.120. The fraction of sp³-hybridized carbons (Fsp3) is 0.300. The molecule has 0 unspecified atom stereocenters. The molecule has 2 N–H and O–H groups in total. The van der Waals surface area contributed by atoms with Crippen molar-refractivity contribution in [3.63, 3.8) is 0 Å². The predicted molar refractivity (Wildman–Crippen MR) is 108 cm³/mol. The van der Waals surface area contributed by atoms with Gasteiger partial charge in [0.2, 0.25) is 5.91 Å². The van der Waals surface area contributed by atoms with E-state index in [1.165, 1.54) is 5.57 Å². The standard InChI is InChI=1S/C20H21N5O2S/c26-19(12-16-2-7-23-24-16)21-6-1-14-3-8-25(9-4-14)20(27)15-11-18-17(22-13-15)5-10-28-18/h1-2,5,7,10-11,13H,3-4,6,8-9,12H2,(H,21,26)(H,23,24). The second-order valence-corrected chi connectivity index (χ2v) is 7.69.